The van der Waals surface area contributed by atoms with Crippen molar-refractivity contribution in [1.29, 1.82) is 5.26 Å². The van der Waals surface area contributed by atoms with Gasteiger partial charge in [0, 0.05) is 0 Å². The Balaban J connectivity index is 3.26. The minimum absolute atomic E-state index is 0.337. The van der Waals surface area contributed by atoms with Crippen LogP contribution in [0.4, 0.5) is 0 Å². The maximum atomic E-state index is 9.17. The van der Waals surface area contributed by atoms with Crippen LogP contribution in [0.15, 0.2) is 18.2 Å². The third-order valence-corrected chi connectivity index (χ3v) is 2.81. The molecule has 0 saturated carbocycles. The summed E-state index contributed by atoms with van der Waals surface area (Å²) in [7, 11) is 0. The number of aryl methyl sites for hydroxylation is 2. The Kier molecular flexibility index (Phi) is 2.96. The Hall–Kier alpha value is -1.29. The second kappa shape index (κ2) is 3.84. The second-order valence-electron chi connectivity index (χ2n) is 4.17. The SMILES string of the molecule is CCC(C)(C#N)c1cc(C)cc(C)c1. The van der Waals surface area contributed by atoms with Crippen LogP contribution in [0.3, 0.4) is 0 Å². The van der Waals surface area contributed by atoms with Crippen molar-refractivity contribution in [3.05, 3.63) is 34.9 Å². The number of hydrogen-bond donors (Lipinski definition) is 0. The number of benzene rings is 1. The fraction of sp³-hybridized carbons (Fsp3) is 0.462. The van der Waals surface area contributed by atoms with Gasteiger partial charge >= 0.3 is 0 Å². The molecular formula is C13H17N. The van der Waals surface area contributed by atoms with Crippen LogP contribution < -0.4 is 0 Å². The van der Waals surface area contributed by atoms with Gasteiger partial charge in [-0.3, -0.25) is 0 Å². The molecule has 0 saturated heterocycles. The van der Waals surface area contributed by atoms with Crippen LogP contribution in [-0.4, -0.2) is 0 Å². The molecule has 1 heteroatoms. The molecule has 0 aromatic heterocycles. The van der Waals surface area contributed by atoms with E-state index >= 15 is 0 Å². The molecule has 0 spiro atoms. The number of nitrogens with zero attached hydrogens (tertiary/aromatic N) is 1. The van der Waals surface area contributed by atoms with E-state index in [1.165, 1.54) is 11.1 Å². The van der Waals surface area contributed by atoms with E-state index < -0.39 is 0 Å². The van der Waals surface area contributed by atoms with Gasteiger partial charge in [0.2, 0.25) is 0 Å². The quantitative estimate of drug-likeness (QED) is 0.695. The molecular weight excluding hydrogens is 170 g/mol. The van der Waals surface area contributed by atoms with Crippen LogP contribution in [0.2, 0.25) is 0 Å². The molecule has 0 aliphatic heterocycles. The summed E-state index contributed by atoms with van der Waals surface area (Å²) in [6, 6.07) is 8.76. The molecule has 0 aliphatic rings. The molecule has 14 heavy (non-hydrogen) atoms. The van der Waals surface area contributed by atoms with Gasteiger partial charge in [0.05, 0.1) is 11.5 Å². The zero-order chi connectivity index (χ0) is 10.8. The topological polar surface area (TPSA) is 23.8 Å². The largest absolute Gasteiger partial charge is 0.197 e. The lowest BCUT2D eigenvalue weighted by molar-refractivity contribution is 0.586. The van der Waals surface area contributed by atoms with Crippen LogP contribution in [0.1, 0.15) is 37.0 Å². The Bertz CT molecular complexity index is 353. The third kappa shape index (κ3) is 1.96. The molecule has 0 aliphatic carbocycles. The first-order valence-electron chi connectivity index (χ1n) is 5.02. The number of hydrogen-bond acceptors (Lipinski definition) is 1. The highest BCUT2D eigenvalue weighted by Crippen LogP contribution is 2.28. The van der Waals surface area contributed by atoms with Crippen molar-refractivity contribution >= 4 is 0 Å². The van der Waals surface area contributed by atoms with Gasteiger partial charge in [0.15, 0.2) is 0 Å². The summed E-state index contributed by atoms with van der Waals surface area (Å²) in [6.45, 7) is 8.20. The molecule has 1 rings (SSSR count). The van der Waals surface area contributed by atoms with Crippen molar-refractivity contribution in [3.63, 3.8) is 0 Å². The molecule has 1 unspecified atom stereocenters. The molecule has 0 radical (unpaired) electrons. The third-order valence-electron chi connectivity index (χ3n) is 2.81. The predicted molar refractivity (Wildman–Crippen MR) is 59.2 cm³/mol. The summed E-state index contributed by atoms with van der Waals surface area (Å²) in [4.78, 5) is 0. The number of rotatable bonds is 2. The first-order chi connectivity index (χ1) is 6.51. The van der Waals surface area contributed by atoms with E-state index in [2.05, 4.69) is 45.0 Å². The highest BCUT2D eigenvalue weighted by Gasteiger charge is 2.24. The second-order valence-corrected chi connectivity index (χ2v) is 4.17. The maximum absolute atomic E-state index is 9.17. The van der Waals surface area contributed by atoms with E-state index in [1.807, 2.05) is 6.92 Å². The van der Waals surface area contributed by atoms with E-state index in [4.69, 9.17) is 0 Å². The number of nitriles is 1. The van der Waals surface area contributed by atoms with Crippen molar-refractivity contribution < 1.29 is 0 Å². The highest BCUT2D eigenvalue weighted by atomic mass is 14.3. The van der Waals surface area contributed by atoms with Crippen LogP contribution in [-0.2, 0) is 5.41 Å². The highest BCUT2D eigenvalue weighted by molar-refractivity contribution is 5.37. The molecule has 0 heterocycles. The van der Waals surface area contributed by atoms with E-state index in [1.54, 1.807) is 0 Å². The standard InChI is InChI=1S/C13H17N/c1-5-13(4,9-14)12-7-10(2)6-11(3)8-12/h6-8H,5H2,1-4H3. The van der Waals surface area contributed by atoms with Crippen molar-refractivity contribution in [2.24, 2.45) is 0 Å². The summed E-state index contributed by atoms with van der Waals surface area (Å²) >= 11 is 0. The molecule has 0 amide bonds. The van der Waals surface area contributed by atoms with Crippen molar-refractivity contribution in [1.82, 2.24) is 0 Å². The summed E-state index contributed by atoms with van der Waals surface area (Å²) in [5, 5.41) is 9.17. The van der Waals surface area contributed by atoms with Gasteiger partial charge in [-0.25, -0.2) is 0 Å². The Morgan fingerprint density at radius 3 is 2.07 bits per heavy atom. The van der Waals surface area contributed by atoms with Gasteiger partial charge < -0.3 is 0 Å². The average Bonchev–Trinajstić information content (AvgIpc) is 2.15. The predicted octanol–water partition coefficient (Wildman–Crippen LogP) is 3.49. The monoisotopic (exact) mass is 187 g/mol. The van der Waals surface area contributed by atoms with Crippen LogP contribution >= 0.6 is 0 Å². The van der Waals surface area contributed by atoms with Gasteiger partial charge in [-0.15, -0.1) is 0 Å². The molecule has 1 nitrogen and oxygen atoms in total. The molecule has 0 N–H and O–H groups in total. The molecule has 1 aromatic rings. The van der Waals surface area contributed by atoms with Gasteiger partial charge in [-0.05, 0) is 32.8 Å². The molecule has 1 atom stereocenters. The molecule has 1 aromatic carbocycles. The fourth-order valence-electron chi connectivity index (χ4n) is 1.64. The average molecular weight is 187 g/mol. The lowest BCUT2D eigenvalue weighted by atomic mass is 9.80. The molecule has 0 fully saturated rings. The summed E-state index contributed by atoms with van der Waals surface area (Å²) in [5.74, 6) is 0. The molecule has 0 bridgehead atoms. The van der Waals surface area contributed by atoms with Crippen LogP contribution in [0.25, 0.3) is 0 Å². The zero-order valence-electron chi connectivity index (χ0n) is 9.39. The van der Waals surface area contributed by atoms with Gasteiger partial charge in [-0.2, -0.15) is 5.26 Å². The lowest BCUT2D eigenvalue weighted by Gasteiger charge is -2.21. The van der Waals surface area contributed by atoms with E-state index in [-0.39, 0.29) is 5.41 Å². The van der Waals surface area contributed by atoms with E-state index in [0.29, 0.717) is 0 Å². The van der Waals surface area contributed by atoms with Crippen molar-refractivity contribution in [2.75, 3.05) is 0 Å². The van der Waals surface area contributed by atoms with Gasteiger partial charge in [0.25, 0.3) is 0 Å². The first-order valence-corrected chi connectivity index (χ1v) is 5.02. The van der Waals surface area contributed by atoms with E-state index in [0.717, 1.165) is 12.0 Å². The fourth-order valence-corrected chi connectivity index (χ4v) is 1.64. The lowest BCUT2D eigenvalue weighted by Crippen LogP contribution is -2.18. The Morgan fingerprint density at radius 1 is 1.21 bits per heavy atom. The van der Waals surface area contributed by atoms with Crippen LogP contribution in [0, 0.1) is 25.2 Å². The Labute approximate surface area is 86.4 Å². The van der Waals surface area contributed by atoms with E-state index in [9.17, 15) is 5.26 Å². The minimum atomic E-state index is -0.337. The minimum Gasteiger partial charge on any atom is -0.197 e. The zero-order valence-corrected chi connectivity index (χ0v) is 9.39. The van der Waals surface area contributed by atoms with Crippen molar-refractivity contribution in [3.8, 4) is 6.07 Å². The normalized spacial score (nSPS) is 14.5. The summed E-state index contributed by atoms with van der Waals surface area (Å²) in [5.41, 5.74) is 3.27. The Morgan fingerprint density at radius 2 is 1.71 bits per heavy atom. The van der Waals surface area contributed by atoms with Gasteiger partial charge in [0.1, 0.15) is 0 Å². The smallest absolute Gasteiger partial charge is 0.0791 e. The summed E-state index contributed by atoms with van der Waals surface area (Å²) in [6.07, 6.45) is 0.854. The summed E-state index contributed by atoms with van der Waals surface area (Å²) < 4.78 is 0. The molecule has 74 valence electrons. The van der Waals surface area contributed by atoms with Crippen LogP contribution in [0.5, 0.6) is 0 Å². The van der Waals surface area contributed by atoms with Crippen molar-refractivity contribution in [2.45, 2.75) is 39.5 Å². The maximum Gasteiger partial charge on any atom is 0.0791 e. The van der Waals surface area contributed by atoms with Gasteiger partial charge in [-0.1, -0.05) is 36.2 Å². The first kappa shape index (κ1) is 10.8.